The van der Waals surface area contributed by atoms with Crippen LogP contribution in [0.25, 0.3) is 0 Å². The fourth-order valence-electron chi connectivity index (χ4n) is 1.87. The average molecular weight is 399 g/mol. The first-order valence-corrected chi connectivity index (χ1v) is 7.54. The highest BCUT2D eigenvalue weighted by Gasteiger charge is 2.09. The molecule has 20 heavy (non-hydrogen) atoms. The maximum Gasteiger partial charge on any atom is 0.335 e. The van der Waals surface area contributed by atoms with Crippen molar-refractivity contribution in [3.8, 4) is 0 Å². The van der Waals surface area contributed by atoms with Gasteiger partial charge in [0, 0.05) is 28.2 Å². The molecule has 0 aliphatic heterocycles. The second-order valence-electron chi connectivity index (χ2n) is 4.49. The highest BCUT2D eigenvalue weighted by atomic mass is 79.9. The van der Waals surface area contributed by atoms with Gasteiger partial charge in [-0.05, 0) is 35.9 Å². The lowest BCUT2D eigenvalue weighted by Gasteiger charge is -2.20. The topological polar surface area (TPSA) is 40.5 Å². The van der Waals surface area contributed by atoms with Crippen molar-refractivity contribution in [3.05, 3.63) is 62.5 Å². The first-order valence-electron chi connectivity index (χ1n) is 5.95. The molecule has 0 amide bonds. The summed E-state index contributed by atoms with van der Waals surface area (Å²) in [5.74, 6) is -0.926. The number of carboxylic acid groups (broad SMARTS) is 1. The molecule has 3 nitrogen and oxygen atoms in total. The monoisotopic (exact) mass is 397 g/mol. The number of carboxylic acids is 1. The number of aromatic carboxylic acids is 1. The normalized spacial score (nSPS) is 10.3. The van der Waals surface area contributed by atoms with Crippen LogP contribution in [-0.4, -0.2) is 18.1 Å². The van der Waals surface area contributed by atoms with Gasteiger partial charge in [0.05, 0.1) is 5.56 Å². The number of rotatable bonds is 4. The Hall–Kier alpha value is -1.33. The van der Waals surface area contributed by atoms with E-state index in [9.17, 15) is 4.79 Å². The third-order valence-corrected chi connectivity index (χ3v) is 3.89. The first-order chi connectivity index (χ1) is 9.45. The Morgan fingerprint density at radius 1 is 1.10 bits per heavy atom. The summed E-state index contributed by atoms with van der Waals surface area (Å²) < 4.78 is 1.80. The minimum absolute atomic E-state index is 0.275. The van der Waals surface area contributed by atoms with Gasteiger partial charge in [0.15, 0.2) is 0 Å². The zero-order valence-electron chi connectivity index (χ0n) is 10.8. The van der Waals surface area contributed by atoms with Crippen LogP contribution in [0.1, 0.15) is 15.9 Å². The van der Waals surface area contributed by atoms with Crippen molar-refractivity contribution in [2.45, 2.75) is 6.54 Å². The minimum atomic E-state index is -0.926. The molecule has 0 spiro atoms. The number of hydrogen-bond donors (Lipinski definition) is 1. The first kappa shape index (κ1) is 15.1. The van der Waals surface area contributed by atoms with Crippen LogP contribution >= 0.6 is 31.9 Å². The molecule has 1 N–H and O–H groups in total. The molecule has 2 aromatic rings. The Kier molecular flexibility index (Phi) is 4.83. The van der Waals surface area contributed by atoms with E-state index < -0.39 is 5.97 Å². The largest absolute Gasteiger partial charge is 0.478 e. The second kappa shape index (κ2) is 6.41. The van der Waals surface area contributed by atoms with Crippen LogP contribution < -0.4 is 4.90 Å². The van der Waals surface area contributed by atoms with Crippen LogP contribution in [0.5, 0.6) is 0 Å². The Morgan fingerprint density at radius 2 is 1.75 bits per heavy atom. The zero-order valence-corrected chi connectivity index (χ0v) is 14.0. The molecule has 0 aromatic heterocycles. The standard InChI is InChI=1S/C15H13Br2NO2/c1-18(9-10-2-4-12(16)5-3-10)14-7-11(15(19)20)6-13(17)8-14/h2-8H,9H2,1H3,(H,19,20). The van der Waals surface area contributed by atoms with Gasteiger partial charge in [0.25, 0.3) is 0 Å². The Bertz CT molecular complexity index is 626. The van der Waals surface area contributed by atoms with E-state index >= 15 is 0 Å². The fourth-order valence-corrected chi connectivity index (χ4v) is 2.62. The van der Waals surface area contributed by atoms with Crippen molar-refractivity contribution in [3.63, 3.8) is 0 Å². The number of nitrogens with zero attached hydrogens (tertiary/aromatic N) is 1. The average Bonchev–Trinajstić information content (AvgIpc) is 2.40. The van der Waals surface area contributed by atoms with Crippen molar-refractivity contribution in [1.82, 2.24) is 0 Å². The minimum Gasteiger partial charge on any atom is -0.478 e. The van der Waals surface area contributed by atoms with E-state index in [0.717, 1.165) is 20.2 Å². The van der Waals surface area contributed by atoms with Crippen LogP contribution in [0.2, 0.25) is 0 Å². The number of carbonyl (C=O) groups is 1. The summed E-state index contributed by atoms with van der Waals surface area (Å²) in [6, 6.07) is 13.2. The van der Waals surface area contributed by atoms with Gasteiger partial charge in [-0.3, -0.25) is 0 Å². The van der Waals surface area contributed by atoms with Crippen molar-refractivity contribution in [1.29, 1.82) is 0 Å². The van der Waals surface area contributed by atoms with Gasteiger partial charge < -0.3 is 10.0 Å². The smallest absolute Gasteiger partial charge is 0.335 e. The molecule has 2 aromatic carbocycles. The van der Waals surface area contributed by atoms with Crippen LogP contribution in [0.3, 0.4) is 0 Å². The van der Waals surface area contributed by atoms with Crippen molar-refractivity contribution < 1.29 is 9.90 Å². The number of hydrogen-bond acceptors (Lipinski definition) is 2. The third-order valence-electron chi connectivity index (χ3n) is 2.90. The third kappa shape index (κ3) is 3.84. The van der Waals surface area contributed by atoms with Gasteiger partial charge in [-0.15, -0.1) is 0 Å². The van der Waals surface area contributed by atoms with E-state index in [4.69, 9.17) is 5.11 Å². The van der Waals surface area contributed by atoms with Crippen molar-refractivity contribution in [2.24, 2.45) is 0 Å². The molecule has 5 heteroatoms. The van der Waals surface area contributed by atoms with Crippen molar-refractivity contribution >= 4 is 43.5 Å². The van der Waals surface area contributed by atoms with Gasteiger partial charge in [-0.2, -0.15) is 0 Å². The molecule has 0 fully saturated rings. The molecule has 2 rings (SSSR count). The summed E-state index contributed by atoms with van der Waals surface area (Å²) in [5, 5.41) is 9.09. The molecule has 0 unspecified atom stereocenters. The molecule has 104 valence electrons. The van der Waals surface area contributed by atoms with Gasteiger partial charge in [-0.1, -0.05) is 44.0 Å². The number of anilines is 1. The van der Waals surface area contributed by atoms with E-state index in [1.807, 2.05) is 42.3 Å². The molecule has 0 atom stereocenters. The summed E-state index contributed by atoms with van der Waals surface area (Å²) in [6.45, 7) is 0.711. The van der Waals surface area contributed by atoms with Gasteiger partial charge in [0.1, 0.15) is 0 Å². The summed E-state index contributed by atoms with van der Waals surface area (Å²) in [6.07, 6.45) is 0. The molecule has 0 bridgehead atoms. The molecule has 0 aliphatic carbocycles. The summed E-state index contributed by atoms with van der Waals surface area (Å²) >= 11 is 6.75. The van der Waals surface area contributed by atoms with E-state index in [0.29, 0.717) is 6.54 Å². The zero-order chi connectivity index (χ0) is 14.7. The highest BCUT2D eigenvalue weighted by Crippen LogP contribution is 2.24. The maximum absolute atomic E-state index is 11.1. The number of benzene rings is 2. The predicted molar refractivity (Wildman–Crippen MR) is 87.4 cm³/mol. The highest BCUT2D eigenvalue weighted by molar-refractivity contribution is 9.10. The molecule has 0 radical (unpaired) electrons. The molecule has 0 saturated heterocycles. The van der Waals surface area contributed by atoms with Gasteiger partial charge in [0.2, 0.25) is 0 Å². The second-order valence-corrected chi connectivity index (χ2v) is 6.32. The van der Waals surface area contributed by atoms with Crippen LogP contribution in [0, 0.1) is 0 Å². The Labute approximate surface area is 134 Å². The van der Waals surface area contributed by atoms with Gasteiger partial charge >= 0.3 is 5.97 Å². The lowest BCUT2D eigenvalue weighted by molar-refractivity contribution is 0.0697. The van der Waals surface area contributed by atoms with Crippen molar-refractivity contribution in [2.75, 3.05) is 11.9 Å². The van der Waals surface area contributed by atoms with E-state index in [2.05, 4.69) is 31.9 Å². The predicted octanol–water partition coefficient (Wildman–Crippen LogP) is 4.55. The van der Waals surface area contributed by atoms with Crippen LogP contribution in [0.15, 0.2) is 51.4 Å². The molecule has 0 heterocycles. The quantitative estimate of drug-likeness (QED) is 0.821. The van der Waals surface area contributed by atoms with E-state index in [1.54, 1.807) is 12.1 Å². The molecule has 0 saturated carbocycles. The molecular formula is C15H13Br2NO2. The van der Waals surface area contributed by atoms with E-state index in [-0.39, 0.29) is 5.56 Å². The lowest BCUT2D eigenvalue weighted by atomic mass is 10.1. The summed E-state index contributed by atoms with van der Waals surface area (Å²) in [7, 11) is 1.94. The van der Waals surface area contributed by atoms with E-state index in [1.165, 1.54) is 0 Å². The van der Waals surface area contributed by atoms with Gasteiger partial charge in [-0.25, -0.2) is 4.79 Å². The summed E-state index contributed by atoms with van der Waals surface area (Å²) in [4.78, 5) is 13.1. The Morgan fingerprint density at radius 3 is 2.35 bits per heavy atom. The fraction of sp³-hybridized carbons (Fsp3) is 0.133. The molecule has 0 aliphatic rings. The summed E-state index contributed by atoms with van der Waals surface area (Å²) in [5.41, 5.74) is 2.30. The van der Waals surface area contributed by atoms with Crippen LogP contribution in [0.4, 0.5) is 5.69 Å². The SMILES string of the molecule is CN(Cc1ccc(Br)cc1)c1cc(Br)cc(C(=O)O)c1. The number of halogens is 2. The maximum atomic E-state index is 11.1. The van der Waals surface area contributed by atoms with Crippen LogP contribution in [-0.2, 0) is 6.54 Å². The molecular weight excluding hydrogens is 386 g/mol. The lowest BCUT2D eigenvalue weighted by Crippen LogP contribution is -2.16. The Balaban J connectivity index is 2.22.